The molecule has 0 fully saturated rings. The Hall–Kier alpha value is 0.540. The topological polar surface area (TPSA) is 20.2 Å². The molecule has 11 heavy (non-hydrogen) atoms. The molecule has 0 radical (unpaired) electrons. The second kappa shape index (κ2) is 13.2. The van der Waals surface area contributed by atoms with Crippen LogP contribution in [0.3, 0.4) is 0 Å². The molecule has 0 saturated heterocycles. The van der Waals surface area contributed by atoms with Gasteiger partial charge in [0.05, 0.1) is 6.61 Å². The first-order chi connectivity index (χ1) is 5.18. The van der Waals surface area contributed by atoms with E-state index < -0.39 is 4.84 Å². The van der Waals surface area contributed by atoms with E-state index in [0.29, 0.717) is 0 Å². The molecule has 1 N–H and O–H groups in total. The second-order valence-electron chi connectivity index (χ2n) is 2.28. The lowest BCUT2D eigenvalue weighted by atomic mass is 10.2. The van der Waals surface area contributed by atoms with Gasteiger partial charge in [-0.3, -0.25) is 0 Å². The molecule has 0 aromatic heterocycles. The number of halogens is 2. The zero-order chi connectivity index (χ0) is 9.11. The highest BCUT2D eigenvalue weighted by Crippen LogP contribution is 1.96. The molecular formula is C8H18Cl2O. The summed E-state index contributed by atoms with van der Waals surface area (Å²) in [4.78, 5) is -0.616. The predicted molar refractivity (Wildman–Crippen MR) is 52.4 cm³/mol. The Morgan fingerprint density at radius 3 is 1.45 bits per heavy atom. The number of rotatable bonds is 4. The highest BCUT2D eigenvalue weighted by atomic mass is 35.5. The first kappa shape index (κ1) is 14.1. The quantitative estimate of drug-likeness (QED) is 0.546. The molecule has 0 saturated carbocycles. The van der Waals surface area contributed by atoms with Gasteiger partial charge in [0, 0.05) is 0 Å². The van der Waals surface area contributed by atoms with Crippen LogP contribution in [0.25, 0.3) is 0 Å². The fraction of sp³-hybridized carbons (Fsp3) is 1.00. The van der Waals surface area contributed by atoms with Crippen molar-refractivity contribution in [2.75, 3.05) is 6.61 Å². The summed E-state index contributed by atoms with van der Waals surface area (Å²) in [7, 11) is 0. The average Bonchev–Trinajstić information content (AvgIpc) is 2.02. The summed E-state index contributed by atoms with van der Waals surface area (Å²) < 4.78 is 0. The molecule has 0 rings (SSSR count). The highest BCUT2D eigenvalue weighted by molar-refractivity contribution is 6.44. The van der Waals surface area contributed by atoms with Crippen molar-refractivity contribution in [3.63, 3.8) is 0 Å². The monoisotopic (exact) mass is 200 g/mol. The maximum atomic E-state index is 7.88. The molecule has 0 aliphatic carbocycles. The lowest BCUT2D eigenvalue weighted by Gasteiger charge is -1.86. The van der Waals surface area contributed by atoms with Crippen LogP contribution in [-0.4, -0.2) is 16.5 Å². The number of hydrogen-bond acceptors (Lipinski definition) is 1. The van der Waals surface area contributed by atoms with Gasteiger partial charge in [-0.1, -0.05) is 39.5 Å². The maximum Gasteiger partial charge on any atom is 0.130 e. The van der Waals surface area contributed by atoms with E-state index in [1.807, 2.05) is 0 Å². The molecule has 3 heteroatoms. The third-order valence-corrected chi connectivity index (χ3v) is 1.37. The van der Waals surface area contributed by atoms with Crippen molar-refractivity contribution in [3.05, 3.63) is 0 Å². The van der Waals surface area contributed by atoms with Gasteiger partial charge in [-0.25, -0.2) is 0 Å². The SMILES string of the molecule is CCCCCC.OCC(Cl)Cl. The molecule has 0 amide bonds. The van der Waals surface area contributed by atoms with Gasteiger partial charge in [-0.05, 0) is 0 Å². The summed E-state index contributed by atoms with van der Waals surface area (Å²) in [6, 6.07) is 0. The van der Waals surface area contributed by atoms with Crippen molar-refractivity contribution < 1.29 is 5.11 Å². The van der Waals surface area contributed by atoms with E-state index in [1.165, 1.54) is 25.7 Å². The fourth-order valence-electron chi connectivity index (χ4n) is 0.500. The van der Waals surface area contributed by atoms with Gasteiger partial charge < -0.3 is 5.11 Å². The molecule has 0 heterocycles. The average molecular weight is 201 g/mol. The Kier molecular flexibility index (Phi) is 16.8. The van der Waals surface area contributed by atoms with Gasteiger partial charge >= 0.3 is 0 Å². The Morgan fingerprint density at radius 1 is 1.09 bits per heavy atom. The summed E-state index contributed by atoms with van der Waals surface area (Å²) in [5, 5.41) is 7.88. The van der Waals surface area contributed by atoms with E-state index in [1.54, 1.807) is 0 Å². The fourth-order valence-corrected chi connectivity index (χ4v) is 0.500. The van der Waals surface area contributed by atoms with Gasteiger partial charge in [0.15, 0.2) is 0 Å². The molecule has 0 aromatic carbocycles. The van der Waals surface area contributed by atoms with E-state index in [2.05, 4.69) is 13.8 Å². The van der Waals surface area contributed by atoms with E-state index in [9.17, 15) is 0 Å². The largest absolute Gasteiger partial charge is 0.394 e. The molecule has 70 valence electrons. The van der Waals surface area contributed by atoms with Crippen LogP contribution in [0.1, 0.15) is 39.5 Å². The van der Waals surface area contributed by atoms with E-state index in [4.69, 9.17) is 28.3 Å². The molecule has 0 unspecified atom stereocenters. The van der Waals surface area contributed by atoms with Gasteiger partial charge in [-0.15, -0.1) is 23.2 Å². The molecule has 1 nitrogen and oxygen atoms in total. The third kappa shape index (κ3) is 25.0. The Bertz CT molecular complexity index is 54.1. The summed E-state index contributed by atoms with van der Waals surface area (Å²) in [6.07, 6.45) is 5.54. The summed E-state index contributed by atoms with van der Waals surface area (Å²) in [5.74, 6) is 0. The van der Waals surface area contributed by atoms with Crippen molar-refractivity contribution >= 4 is 23.2 Å². The van der Waals surface area contributed by atoms with E-state index in [0.717, 1.165) is 0 Å². The zero-order valence-electron chi connectivity index (χ0n) is 7.32. The lowest BCUT2D eigenvalue weighted by Crippen LogP contribution is -1.90. The Balaban J connectivity index is 0. The first-order valence-corrected chi connectivity index (χ1v) is 4.95. The number of aliphatic hydroxyl groups excluding tert-OH is 1. The summed E-state index contributed by atoms with van der Waals surface area (Å²) in [5.41, 5.74) is 0. The van der Waals surface area contributed by atoms with Crippen LogP contribution in [0.5, 0.6) is 0 Å². The molecule has 0 bridgehead atoms. The van der Waals surface area contributed by atoms with Gasteiger partial charge in [0.2, 0.25) is 0 Å². The van der Waals surface area contributed by atoms with Crippen molar-refractivity contribution in [1.29, 1.82) is 0 Å². The maximum absolute atomic E-state index is 7.88. The molecule has 0 spiro atoms. The third-order valence-electron chi connectivity index (χ3n) is 1.10. The number of alkyl halides is 2. The number of aliphatic hydroxyl groups is 1. The normalized spacial score (nSPS) is 9.27. The van der Waals surface area contributed by atoms with Gasteiger partial charge in [0.25, 0.3) is 0 Å². The number of hydrogen-bond donors (Lipinski definition) is 1. The molecule has 0 aromatic rings. The minimum atomic E-state index is -0.616. The molecular weight excluding hydrogens is 183 g/mol. The van der Waals surface area contributed by atoms with Crippen LogP contribution in [0.15, 0.2) is 0 Å². The van der Waals surface area contributed by atoms with Crippen molar-refractivity contribution in [1.82, 2.24) is 0 Å². The molecule has 0 aliphatic heterocycles. The summed E-state index contributed by atoms with van der Waals surface area (Å²) in [6.45, 7) is 4.30. The van der Waals surface area contributed by atoms with Crippen molar-refractivity contribution in [2.24, 2.45) is 0 Å². The van der Waals surface area contributed by atoms with Crippen molar-refractivity contribution in [3.8, 4) is 0 Å². The predicted octanol–water partition coefficient (Wildman–Crippen LogP) is 3.37. The van der Waals surface area contributed by atoms with Crippen LogP contribution in [-0.2, 0) is 0 Å². The van der Waals surface area contributed by atoms with Crippen LogP contribution in [0.4, 0.5) is 0 Å². The van der Waals surface area contributed by atoms with Gasteiger partial charge in [0.1, 0.15) is 4.84 Å². The Labute approximate surface area is 79.7 Å². The van der Waals surface area contributed by atoms with Crippen LogP contribution >= 0.6 is 23.2 Å². The lowest BCUT2D eigenvalue weighted by molar-refractivity contribution is 0.313. The van der Waals surface area contributed by atoms with E-state index in [-0.39, 0.29) is 6.61 Å². The summed E-state index contributed by atoms with van der Waals surface area (Å²) >= 11 is 9.96. The minimum absolute atomic E-state index is 0.164. The molecule has 0 atom stereocenters. The molecule has 0 aliphatic rings. The van der Waals surface area contributed by atoms with Gasteiger partial charge in [-0.2, -0.15) is 0 Å². The van der Waals surface area contributed by atoms with Crippen LogP contribution in [0.2, 0.25) is 0 Å². The van der Waals surface area contributed by atoms with Crippen molar-refractivity contribution in [2.45, 2.75) is 44.4 Å². The second-order valence-corrected chi connectivity index (χ2v) is 3.56. The zero-order valence-corrected chi connectivity index (χ0v) is 8.83. The Morgan fingerprint density at radius 2 is 1.36 bits per heavy atom. The first-order valence-electron chi connectivity index (χ1n) is 4.08. The highest BCUT2D eigenvalue weighted by Gasteiger charge is 1.88. The smallest absolute Gasteiger partial charge is 0.130 e. The minimum Gasteiger partial charge on any atom is -0.394 e. The number of unbranched alkanes of at least 4 members (excludes halogenated alkanes) is 3. The van der Waals surface area contributed by atoms with Crippen LogP contribution < -0.4 is 0 Å². The van der Waals surface area contributed by atoms with Crippen LogP contribution in [0, 0.1) is 0 Å². The standard InChI is InChI=1S/C6H14.C2H4Cl2O/c1-3-5-6-4-2;3-2(4)1-5/h3-6H2,1-2H3;2,5H,1H2. The van der Waals surface area contributed by atoms with E-state index >= 15 is 0 Å².